The molecule has 0 aliphatic carbocycles. The van der Waals surface area contributed by atoms with E-state index in [1.54, 1.807) is 10.6 Å². The van der Waals surface area contributed by atoms with Crippen molar-refractivity contribution < 1.29 is 0 Å². The number of guanidine groups is 1. The zero-order chi connectivity index (χ0) is 22.1. The summed E-state index contributed by atoms with van der Waals surface area (Å²) in [5.41, 5.74) is 2.87. The maximum absolute atomic E-state index is 12.8. The molecule has 1 atom stereocenters. The number of likely N-dealkylation sites (tertiary alicyclic amines) is 1. The molecule has 2 aliphatic heterocycles. The standard InChI is InChI=1S/C25H26ClN5O/c1-17-15-22(32)31-23(20-7-9-21(26)10-8-20)28-24(29-25(31)27-17)30-13-11-19(12-14-30)16-18-5-3-2-4-6-18/h2-10,15,19,23H,11-14,16H2,1H3,(H,27,28,29). The Morgan fingerprint density at radius 3 is 2.50 bits per heavy atom. The topological polar surface area (TPSA) is 62.5 Å². The van der Waals surface area contributed by atoms with Crippen LogP contribution in [0, 0.1) is 12.8 Å². The summed E-state index contributed by atoms with van der Waals surface area (Å²) in [5.74, 6) is 1.98. The molecule has 1 N–H and O–H groups in total. The van der Waals surface area contributed by atoms with Crippen molar-refractivity contribution in [3.63, 3.8) is 0 Å². The summed E-state index contributed by atoms with van der Waals surface area (Å²) < 4.78 is 1.61. The first kappa shape index (κ1) is 20.8. The molecule has 3 heterocycles. The molecule has 164 valence electrons. The van der Waals surface area contributed by atoms with Gasteiger partial charge in [-0.2, -0.15) is 0 Å². The average molecular weight is 448 g/mol. The predicted octanol–water partition coefficient (Wildman–Crippen LogP) is 4.49. The summed E-state index contributed by atoms with van der Waals surface area (Å²) in [5, 5.41) is 3.98. The molecule has 2 aliphatic rings. The Balaban J connectivity index is 1.39. The van der Waals surface area contributed by atoms with Gasteiger partial charge in [-0.05, 0) is 55.4 Å². The van der Waals surface area contributed by atoms with Crippen molar-refractivity contribution in [2.45, 2.75) is 32.4 Å². The molecule has 2 aromatic carbocycles. The smallest absolute Gasteiger partial charge is 0.257 e. The third-order valence-electron chi connectivity index (χ3n) is 6.24. The lowest BCUT2D eigenvalue weighted by Crippen LogP contribution is -2.46. The van der Waals surface area contributed by atoms with Gasteiger partial charge in [0, 0.05) is 29.9 Å². The largest absolute Gasteiger partial charge is 0.343 e. The molecule has 0 radical (unpaired) electrons. The number of hydrogen-bond donors (Lipinski definition) is 1. The van der Waals surface area contributed by atoms with Gasteiger partial charge in [0.1, 0.15) is 0 Å². The van der Waals surface area contributed by atoms with Crippen molar-refractivity contribution in [1.82, 2.24) is 14.5 Å². The van der Waals surface area contributed by atoms with Crippen molar-refractivity contribution in [1.29, 1.82) is 0 Å². The van der Waals surface area contributed by atoms with E-state index in [-0.39, 0.29) is 5.56 Å². The number of piperidine rings is 1. The molecule has 32 heavy (non-hydrogen) atoms. The van der Waals surface area contributed by atoms with Gasteiger partial charge in [0.2, 0.25) is 11.9 Å². The second kappa shape index (κ2) is 8.79. The van der Waals surface area contributed by atoms with Crippen LogP contribution in [0.3, 0.4) is 0 Å². The number of aromatic nitrogens is 2. The number of nitrogens with one attached hydrogen (secondary N) is 1. The van der Waals surface area contributed by atoms with E-state index in [9.17, 15) is 4.79 Å². The first-order chi connectivity index (χ1) is 15.6. The highest BCUT2D eigenvalue weighted by Gasteiger charge is 2.29. The van der Waals surface area contributed by atoms with Crippen molar-refractivity contribution in [2.24, 2.45) is 10.9 Å². The Morgan fingerprint density at radius 1 is 1.06 bits per heavy atom. The van der Waals surface area contributed by atoms with Crippen LogP contribution in [-0.4, -0.2) is 33.5 Å². The van der Waals surface area contributed by atoms with E-state index in [4.69, 9.17) is 16.6 Å². The third kappa shape index (κ3) is 4.28. The van der Waals surface area contributed by atoms with E-state index >= 15 is 0 Å². The molecule has 1 aromatic heterocycles. The van der Waals surface area contributed by atoms with Crippen molar-refractivity contribution in [3.8, 4) is 0 Å². The fourth-order valence-corrected chi connectivity index (χ4v) is 4.68. The zero-order valence-corrected chi connectivity index (χ0v) is 18.8. The number of aryl methyl sites for hydroxylation is 1. The van der Waals surface area contributed by atoms with Crippen LogP contribution < -0.4 is 10.9 Å². The van der Waals surface area contributed by atoms with Crippen LogP contribution in [-0.2, 0) is 6.42 Å². The number of nitrogens with zero attached hydrogens (tertiary/aromatic N) is 4. The minimum atomic E-state index is -0.471. The predicted molar refractivity (Wildman–Crippen MR) is 128 cm³/mol. The van der Waals surface area contributed by atoms with Gasteiger partial charge < -0.3 is 4.90 Å². The number of aliphatic imine (C=N–C) groups is 1. The first-order valence-electron chi connectivity index (χ1n) is 11.1. The molecule has 0 amide bonds. The Morgan fingerprint density at radius 2 is 1.78 bits per heavy atom. The number of fused-ring (bicyclic) bond motifs is 1. The van der Waals surface area contributed by atoms with E-state index in [1.165, 1.54) is 5.56 Å². The summed E-state index contributed by atoms with van der Waals surface area (Å²) in [6.45, 7) is 3.68. The molecular weight excluding hydrogens is 422 g/mol. The highest BCUT2D eigenvalue weighted by Crippen LogP contribution is 2.29. The fourth-order valence-electron chi connectivity index (χ4n) is 4.55. The highest BCUT2D eigenvalue weighted by molar-refractivity contribution is 6.30. The van der Waals surface area contributed by atoms with Crippen LogP contribution >= 0.6 is 11.6 Å². The van der Waals surface area contributed by atoms with E-state index in [0.29, 0.717) is 22.6 Å². The molecule has 6 nitrogen and oxygen atoms in total. The van der Waals surface area contributed by atoms with Crippen LogP contribution in [0.15, 0.2) is 70.5 Å². The molecule has 1 unspecified atom stereocenters. The maximum atomic E-state index is 12.8. The molecule has 0 spiro atoms. The number of hydrogen-bond acceptors (Lipinski definition) is 5. The van der Waals surface area contributed by atoms with Gasteiger partial charge in [0.15, 0.2) is 6.17 Å². The zero-order valence-electron chi connectivity index (χ0n) is 18.0. The SMILES string of the molecule is Cc1cc(=O)n2c(n1)NC(N1CCC(Cc3ccccc3)CC1)=NC2c1ccc(Cl)cc1. The lowest BCUT2D eigenvalue weighted by atomic mass is 9.90. The number of halogens is 1. The number of anilines is 1. The minimum absolute atomic E-state index is 0.121. The molecule has 3 aromatic rings. The summed E-state index contributed by atoms with van der Waals surface area (Å²) in [6.07, 6.45) is 2.85. The molecular formula is C25H26ClN5O. The number of benzene rings is 2. The molecule has 1 fully saturated rings. The van der Waals surface area contributed by atoms with Gasteiger partial charge in [0.25, 0.3) is 5.56 Å². The van der Waals surface area contributed by atoms with Gasteiger partial charge in [0.05, 0.1) is 0 Å². The molecule has 7 heteroatoms. The lowest BCUT2D eigenvalue weighted by molar-refractivity contribution is 0.262. The normalized spacial score (nSPS) is 18.6. The second-order valence-corrected chi connectivity index (χ2v) is 8.99. The fraction of sp³-hybridized carbons (Fsp3) is 0.320. The highest BCUT2D eigenvalue weighted by atomic mass is 35.5. The monoisotopic (exact) mass is 447 g/mol. The maximum Gasteiger partial charge on any atom is 0.257 e. The van der Waals surface area contributed by atoms with Crippen molar-refractivity contribution >= 4 is 23.5 Å². The van der Waals surface area contributed by atoms with Crippen molar-refractivity contribution in [3.05, 3.63) is 92.9 Å². The summed E-state index contributed by atoms with van der Waals surface area (Å²) >= 11 is 6.09. The summed E-state index contributed by atoms with van der Waals surface area (Å²) in [7, 11) is 0. The Hall–Kier alpha value is -3.12. The molecule has 0 bridgehead atoms. The van der Waals surface area contributed by atoms with Crippen LogP contribution in [0.5, 0.6) is 0 Å². The Kier molecular flexibility index (Phi) is 5.70. The van der Waals surface area contributed by atoms with Crippen molar-refractivity contribution in [2.75, 3.05) is 18.4 Å². The summed E-state index contributed by atoms with van der Waals surface area (Å²) in [4.78, 5) is 24.6. The Bertz CT molecular complexity index is 1180. The van der Waals surface area contributed by atoms with Gasteiger partial charge in [-0.3, -0.25) is 14.7 Å². The van der Waals surface area contributed by atoms with Crippen LogP contribution in [0.1, 0.15) is 35.8 Å². The van der Waals surface area contributed by atoms with Gasteiger partial charge in [-0.25, -0.2) is 9.98 Å². The van der Waals surface area contributed by atoms with E-state index in [2.05, 4.69) is 45.5 Å². The van der Waals surface area contributed by atoms with Crippen LogP contribution in [0.4, 0.5) is 5.95 Å². The molecule has 0 saturated carbocycles. The van der Waals surface area contributed by atoms with E-state index in [0.717, 1.165) is 43.9 Å². The Labute approximate surface area is 192 Å². The quantitative estimate of drug-likeness (QED) is 0.642. The van der Waals surface area contributed by atoms with Gasteiger partial charge in [-0.1, -0.05) is 54.1 Å². The minimum Gasteiger partial charge on any atom is -0.343 e. The molecule has 1 saturated heterocycles. The third-order valence-corrected chi connectivity index (χ3v) is 6.49. The lowest BCUT2D eigenvalue weighted by Gasteiger charge is -2.37. The second-order valence-electron chi connectivity index (χ2n) is 8.55. The van der Waals surface area contributed by atoms with E-state index in [1.807, 2.05) is 31.2 Å². The summed E-state index contributed by atoms with van der Waals surface area (Å²) in [6, 6.07) is 19.7. The van der Waals surface area contributed by atoms with Gasteiger partial charge in [-0.15, -0.1) is 0 Å². The van der Waals surface area contributed by atoms with Gasteiger partial charge >= 0.3 is 0 Å². The molecule has 5 rings (SSSR count). The van der Waals surface area contributed by atoms with E-state index < -0.39 is 6.17 Å². The first-order valence-corrected chi connectivity index (χ1v) is 11.4. The average Bonchev–Trinajstić information content (AvgIpc) is 2.80. The van der Waals surface area contributed by atoms with Crippen LogP contribution in [0.25, 0.3) is 0 Å². The number of rotatable bonds is 3. The van der Waals surface area contributed by atoms with Crippen LogP contribution in [0.2, 0.25) is 5.02 Å².